The minimum atomic E-state index is -0.762. The van der Waals surface area contributed by atoms with E-state index in [9.17, 15) is 14.4 Å². The summed E-state index contributed by atoms with van der Waals surface area (Å²) in [7, 11) is 0. The van der Waals surface area contributed by atoms with Crippen molar-refractivity contribution in [2.75, 3.05) is 0 Å². The number of primary amides is 1. The van der Waals surface area contributed by atoms with Gasteiger partial charge in [0.05, 0.1) is 5.70 Å². The van der Waals surface area contributed by atoms with E-state index in [-0.39, 0.29) is 23.7 Å². The van der Waals surface area contributed by atoms with E-state index in [4.69, 9.17) is 17.2 Å². The molecule has 0 atom stereocenters. The van der Waals surface area contributed by atoms with Gasteiger partial charge in [0.1, 0.15) is 0 Å². The highest BCUT2D eigenvalue weighted by molar-refractivity contribution is 6.26. The van der Waals surface area contributed by atoms with Gasteiger partial charge in [-0.25, -0.2) is 0 Å². The highest BCUT2D eigenvalue weighted by atomic mass is 16.1. The molecule has 6 heteroatoms. The summed E-state index contributed by atoms with van der Waals surface area (Å²) >= 11 is 0. The third-order valence-corrected chi connectivity index (χ3v) is 3.63. The standard InChI is InChI=1S/C17H17N3O3/c1-9-13(8-10(18)6-7-14(19)17(20)23)16(22)12-5-3-2-4-11(12)15(9)21/h2-7H,8,18-19H2,1H3,(H2,20,23)/b10-6-,14-7-. The molecule has 0 saturated carbocycles. The zero-order valence-electron chi connectivity index (χ0n) is 12.6. The molecule has 0 fully saturated rings. The van der Waals surface area contributed by atoms with Crippen LogP contribution in [0.5, 0.6) is 0 Å². The van der Waals surface area contributed by atoms with E-state index in [0.717, 1.165) is 0 Å². The van der Waals surface area contributed by atoms with E-state index in [0.29, 0.717) is 28.0 Å². The first-order chi connectivity index (χ1) is 10.8. The molecule has 0 aromatic heterocycles. The molecule has 0 heterocycles. The van der Waals surface area contributed by atoms with Gasteiger partial charge in [-0.1, -0.05) is 24.3 Å². The number of fused-ring (bicyclic) bond motifs is 1. The summed E-state index contributed by atoms with van der Waals surface area (Å²) in [5.74, 6) is -1.17. The Morgan fingerprint density at radius 2 is 1.57 bits per heavy atom. The Hall–Kier alpha value is -3.15. The summed E-state index contributed by atoms with van der Waals surface area (Å²) < 4.78 is 0. The maximum atomic E-state index is 12.5. The average Bonchev–Trinajstić information content (AvgIpc) is 2.54. The molecular weight excluding hydrogens is 294 g/mol. The van der Waals surface area contributed by atoms with Crippen LogP contribution in [0, 0.1) is 0 Å². The highest BCUT2D eigenvalue weighted by Gasteiger charge is 2.29. The molecule has 1 amide bonds. The molecule has 23 heavy (non-hydrogen) atoms. The Kier molecular flexibility index (Phi) is 4.45. The van der Waals surface area contributed by atoms with Crippen LogP contribution in [0.4, 0.5) is 0 Å². The average molecular weight is 311 g/mol. The van der Waals surface area contributed by atoms with E-state index in [1.807, 2.05) is 0 Å². The lowest BCUT2D eigenvalue weighted by Crippen LogP contribution is -2.22. The van der Waals surface area contributed by atoms with Crippen LogP contribution in [0.1, 0.15) is 34.1 Å². The van der Waals surface area contributed by atoms with Crippen molar-refractivity contribution in [2.45, 2.75) is 13.3 Å². The topological polar surface area (TPSA) is 129 Å². The number of hydrogen-bond donors (Lipinski definition) is 3. The monoisotopic (exact) mass is 311 g/mol. The summed E-state index contributed by atoms with van der Waals surface area (Å²) in [6, 6.07) is 6.67. The van der Waals surface area contributed by atoms with Crippen molar-refractivity contribution in [1.82, 2.24) is 0 Å². The largest absolute Gasteiger partial charge is 0.402 e. The maximum absolute atomic E-state index is 12.5. The molecule has 6 N–H and O–H groups in total. The van der Waals surface area contributed by atoms with Crippen molar-refractivity contribution < 1.29 is 14.4 Å². The van der Waals surface area contributed by atoms with E-state index < -0.39 is 5.91 Å². The first-order valence-corrected chi connectivity index (χ1v) is 6.92. The van der Waals surface area contributed by atoms with Crippen molar-refractivity contribution >= 4 is 17.5 Å². The van der Waals surface area contributed by atoms with Crippen molar-refractivity contribution in [3.05, 3.63) is 70.1 Å². The van der Waals surface area contributed by atoms with Gasteiger partial charge in [0.15, 0.2) is 11.6 Å². The molecule has 1 aliphatic rings. The number of rotatable bonds is 4. The second-order valence-corrected chi connectivity index (χ2v) is 5.21. The zero-order chi connectivity index (χ0) is 17.1. The maximum Gasteiger partial charge on any atom is 0.264 e. The summed E-state index contributed by atoms with van der Waals surface area (Å²) in [6.45, 7) is 1.60. The van der Waals surface area contributed by atoms with Crippen LogP contribution >= 0.6 is 0 Å². The SMILES string of the molecule is CC1=C(C/C(N)=C/C=C(\N)C(N)=O)C(=O)c2ccccc2C1=O. The minimum Gasteiger partial charge on any atom is -0.402 e. The van der Waals surface area contributed by atoms with Crippen LogP contribution in [0.15, 0.2) is 59.0 Å². The second kappa shape index (κ2) is 6.31. The number of amides is 1. The summed E-state index contributed by atoms with van der Waals surface area (Å²) in [5.41, 5.74) is 17.9. The van der Waals surface area contributed by atoms with E-state index in [2.05, 4.69) is 0 Å². The Morgan fingerprint density at radius 3 is 2.13 bits per heavy atom. The Morgan fingerprint density at radius 1 is 1.00 bits per heavy atom. The smallest absolute Gasteiger partial charge is 0.264 e. The van der Waals surface area contributed by atoms with Crippen LogP contribution in [0.2, 0.25) is 0 Å². The van der Waals surface area contributed by atoms with Crippen LogP contribution < -0.4 is 17.2 Å². The van der Waals surface area contributed by atoms with Gasteiger partial charge in [-0.05, 0) is 19.1 Å². The third kappa shape index (κ3) is 3.21. The molecule has 0 radical (unpaired) electrons. The van der Waals surface area contributed by atoms with Gasteiger partial charge in [-0.3, -0.25) is 14.4 Å². The lowest BCUT2D eigenvalue weighted by Gasteiger charge is -2.19. The lowest BCUT2D eigenvalue weighted by atomic mass is 9.83. The number of carbonyl (C=O) groups is 3. The highest BCUT2D eigenvalue weighted by Crippen LogP contribution is 2.28. The number of ketones is 2. The fraction of sp³-hybridized carbons (Fsp3) is 0.118. The quantitative estimate of drug-likeness (QED) is 0.563. The third-order valence-electron chi connectivity index (χ3n) is 3.63. The van der Waals surface area contributed by atoms with Crippen molar-refractivity contribution in [2.24, 2.45) is 17.2 Å². The summed E-state index contributed by atoms with van der Waals surface area (Å²) in [6.07, 6.45) is 2.77. The Balaban J connectivity index is 2.33. The van der Waals surface area contributed by atoms with Crippen molar-refractivity contribution in [1.29, 1.82) is 0 Å². The van der Waals surface area contributed by atoms with Gasteiger partial charge in [0.25, 0.3) is 5.91 Å². The first-order valence-electron chi connectivity index (χ1n) is 6.92. The fourth-order valence-corrected chi connectivity index (χ4v) is 2.31. The second-order valence-electron chi connectivity index (χ2n) is 5.21. The number of allylic oxidation sites excluding steroid dienone is 4. The van der Waals surface area contributed by atoms with Gasteiger partial charge in [-0.15, -0.1) is 0 Å². The Bertz CT molecular complexity index is 801. The number of benzene rings is 1. The normalized spacial score (nSPS) is 15.7. The predicted octanol–water partition coefficient (Wildman–Crippen LogP) is 0.943. The molecule has 2 rings (SSSR count). The molecule has 118 valence electrons. The van der Waals surface area contributed by atoms with Gasteiger partial charge in [0, 0.05) is 34.4 Å². The van der Waals surface area contributed by atoms with E-state index in [1.165, 1.54) is 12.2 Å². The molecule has 0 bridgehead atoms. The molecular formula is C17H17N3O3. The molecule has 1 aliphatic carbocycles. The van der Waals surface area contributed by atoms with Gasteiger partial charge in [-0.2, -0.15) is 0 Å². The molecule has 0 aliphatic heterocycles. The van der Waals surface area contributed by atoms with Crippen LogP contribution in [0.25, 0.3) is 0 Å². The lowest BCUT2D eigenvalue weighted by molar-refractivity contribution is -0.114. The number of nitrogens with two attached hydrogens (primary N) is 3. The van der Waals surface area contributed by atoms with Gasteiger partial charge < -0.3 is 17.2 Å². The van der Waals surface area contributed by atoms with Crippen LogP contribution in [0.3, 0.4) is 0 Å². The molecule has 0 spiro atoms. The molecule has 1 aromatic carbocycles. The summed E-state index contributed by atoms with van der Waals surface area (Å²) in [5, 5.41) is 0. The first kappa shape index (κ1) is 16.2. The van der Waals surface area contributed by atoms with Crippen LogP contribution in [-0.4, -0.2) is 17.5 Å². The number of carbonyl (C=O) groups excluding carboxylic acids is 3. The molecule has 0 saturated heterocycles. The number of Topliss-reactive ketones (excluding diaryl/α,β-unsaturated/α-hetero) is 2. The summed E-state index contributed by atoms with van der Waals surface area (Å²) in [4.78, 5) is 35.7. The van der Waals surface area contributed by atoms with Crippen molar-refractivity contribution in [3.63, 3.8) is 0 Å². The molecule has 6 nitrogen and oxygen atoms in total. The van der Waals surface area contributed by atoms with E-state index >= 15 is 0 Å². The zero-order valence-corrected chi connectivity index (χ0v) is 12.6. The fourth-order valence-electron chi connectivity index (χ4n) is 2.31. The van der Waals surface area contributed by atoms with Crippen LogP contribution in [-0.2, 0) is 4.79 Å². The van der Waals surface area contributed by atoms with Crippen molar-refractivity contribution in [3.8, 4) is 0 Å². The number of hydrogen-bond acceptors (Lipinski definition) is 5. The molecule has 1 aromatic rings. The Labute approximate surface area is 133 Å². The minimum absolute atomic E-state index is 0.0906. The predicted molar refractivity (Wildman–Crippen MR) is 86.2 cm³/mol. The van der Waals surface area contributed by atoms with E-state index in [1.54, 1.807) is 31.2 Å². The van der Waals surface area contributed by atoms with Gasteiger partial charge >= 0.3 is 0 Å². The van der Waals surface area contributed by atoms with Gasteiger partial charge in [0.2, 0.25) is 0 Å². The molecule has 0 unspecified atom stereocenters.